The van der Waals surface area contributed by atoms with Crippen molar-refractivity contribution in [1.82, 2.24) is 25.5 Å². The molecular weight excluding hydrogens is 364 g/mol. The van der Waals surface area contributed by atoms with Crippen molar-refractivity contribution in [2.75, 3.05) is 0 Å². The summed E-state index contributed by atoms with van der Waals surface area (Å²) in [4.78, 5) is 23.7. The van der Waals surface area contributed by atoms with Crippen LogP contribution in [0.3, 0.4) is 0 Å². The van der Waals surface area contributed by atoms with Gasteiger partial charge in [0.05, 0.1) is 5.69 Å². The number of hydrogen-bond acceptors (Lipinski definition) is 6. The van der Waals surface area contributed by atoms with Gasteiger partial charge in [0.15, 0.2) is 0 Å². The van der Waals surface area contributed by atoms with Gasteiger partial charge in [0.1, 0.15) is 5.25 Å². The van der Waals surface area contributed by atoms with Crippen molar-refractivity contribution in [2.45, 2.75) is 24.3 Å². The maximum atomic E-state index is 12.5. The second-order valence-electron chi connectivity index (χ2n) is 5.98. The molecule has 0 spiro atoms. The van der Waals surface area contributed by atoms with Gasteiger partial charge in [0.25, 0.3) is 0 Å². The summed E-state index contributed by atoms with van der Waals surface area (Å²) in [6.45, 7) is 3.97. The summed E-state index contributed by atoms with van der Waals surface area (Å²) in [5.74, 6) is -0.534. The van der Waals surface area contributed by atoms with Crippen LogP contribution in [0.4, 0.5) is 4.79 Å². The van der Waals surface area contributed by atoms with Crippen LogP contribution in [0.1, 0.15) is 21.9 Å². The fourth-order valence-electron chi connectivity index (χ4n) is 2.68. The van der Waals surface area contributed by atoms with Gasteiger partial charge >= 0.3 is 6.03 Å². The van der Waals surface area contributed by atoms with Crippen LogP contribution in [-0.4, -0.2) is 32.1 Å². The third-order valence-corrected chi connectivity index (χ3v) is 4.89. The first-order valence-corrected chi connectivity index (χ1v) is 9.01. The molecule has 9 heteroatoms. The van der Waals surface area contributed by atoms with Gasteiger partial charge in [-0.2, -0.15) is 4.68 Å². The number of nitrogens with one attached hydrogen (secondary N) is 1. The van der Waals surface area contributed by atoms with Crippen molar-refractivity contribution >= 4 is 23.7 Å². The minimum absolute atomic E-state index is 0.425. The lowest BCUT2D eigenvalue weighted by Crippen LogP contribution is -2.37. The highest BCUT2D eigenvalue weighted by Crippen LogP contribution is 2.35. The topological polar surface area (TPSA) is 116 Å². The predicted molar refractivity (Wildman–Crippen MR) is 101 cm³/mol. The van der Waals surface area contributed by atoms with Gasteiger partial charge in [-0.1, -0.05) is 48.2 Å². The normalized spacial score (nSPS) is 11.8. The molecule has 0 unspecified atom stereocenters. The number of amides is 3. The Kier molecular flexibility index (Phi) is 5.51. The first-order chi connectivity index (χ1) is 12.9. The fraction of sp³-hybridized carbons (Fsp3) is 0.167. The van der Waals surface area contributed by atoms with Crippen LogP contribution in [-0.2, 0) is 4.79 Å². The molecule has 1 atom stereocenters. The average molecular weight is 382 g/mol. The largest absolute Gasteiger partial charge is 0.351 e. The summed E-state index contributed by atoms with van der Waals surface area (Å²) >= 11 is 1.14. The molecular formula is C18H18N6O2S. The summed E-state index contributed by atoms with van der Waals surface area (Å²) in [6.07, 6.45) is 0. The Bertz CT molecular complexity index is 953. The molecule has 1 heterocycles. The number of urea groups is 1. The van der Waals surface area contributed by atoms with Crippen molar-refractivity contribution in [3.05, 3.63) is 65.2 Å². The van der Waals surface area contributed by atoms with Crippen LogP contribution < -0.4 is 11.1 Å². The number of rotatable bonds is 5. The summed E-state index contributed by atoms with van der Waals surface area (Å²) < 4.78 is 1.57. The number of benzene rings is 2. The lowest BCUT2D eigenvalue weighted by molar-refractivity contribution is -0.119. The number of hydrogen-bond donors (Lipinski definition) is 2. The Hall–Kier alpha value is -3.20. The number of tetrazole rings is 1. The maximum absolute atomic E-state index is 12.5. The van der Waals surface area contributed by atoms with Gasteiger partial charge in [0, 0.05) is 0 Å². The number of nitrogens with zero attached hydrogens (tertiary/aromatic N) is 4. The monoisotopic (exact) mass is 382 g/mol. The van der Waals surface area contributed by atoms with E-state index >= 15 is 0 Å². The van der Waals surface area contributed by atoms with Crippen LogP contribution >= 0.6 is 11.8 Å². The Balaban J connectivity index is 1.97. The number of thioether (sulfide) groups is 1. The second kappa shape index (κ2) is 8.00. The lowest BCUT2D eigenvalue weighted by atomic mass is 10.1. The van der Waals surface area contributed by atoms with E-state index < -0.39 is 17.2 Å². The Morgan fingerprint density at radius 2 is 1.78 bits per heavy atom. The van der Waals surface area contributed by atoms with Crippen LogP contribution in [0, 0.1) is 13.8 Å². The van der Waals surface area contributed by atoms with Gasteiger partial charge < -0.3 is 5.73 Å². The zero-order chi connectivity index (χ0) is 19.4. The molecule has 0 bridgehead atoms. The van der Waals surface area contributed by atoms with Crippen LogP contribution in [0.5, 0.6) is 0 Å². The molecule has 0 saturated heterocycles. The van der Waals surface area contributed by atoms with Crippen molar-refractivity contribution in [2.24, 2.45) is 5.73 Å². The highest BCUT2D eigenvalue weighted by Gasteiger charge is 2.26. The number of aryl methyl sites for hydroxylation is 2. The molecule has 138 valence electrons. The molecule has 3 aromatic rings. The third-order valence-electron chi connectivity index (χ3n) is 3.70. The van der Waals surface area contributed by atoms with Gasteiger partial charge in [-0.05, 0) is 53.1 Å². The first-order valence-electron chi connectivity index (χ1n) is 8.13. The van der Waals surface area contributed by atoms with Gasteiger partial charge in [0.2, 0.25) is 11.1 Å². The summed E-state index contributed by atoms with van der Waals surface area (Å²) in [5, 5.41) is 13.7. The first kappa shape index (κ1) is 18.6. The Morgan fingerprint density at radius 1 is 1.11 bits per heavy atom. The third kappa shape index (κ3) is 4.50. The van der Waals surface area contributed by atoms with Gasteiger partial charge in [-0.25, -0.2) is 4.79 Å². The van der Waals surface area contributed by atoms with E-state index in [9.17, 15) is 9.59 Å². The van der Waals surface area contributed by atoms with E-state index in [0.717, 1.165) is 28.6 Å². The molecule has 0 radical (unpaired) electrons. The molecule has 0 aliphatic heterocycles. The quantitative estimate of drug-likeness (QED) is 0.654. The standard InChI is InChI=1S/C18H18N6O2S/c1-11-8-12(2)10-14(9-11)24-18(21-22-23-24)27-15(16(25)20-17(19)26)13-6-4-3-5-7-13/h3-10,15H,1-2H3,(H3,19,20,25,26)/t15-/m1/s1. The van der Waals surface area contributed by atoms with Crippen molar-refractivity contribution < 1.29 is 9.59 Å². The number of imide groups is 1. The highest BCUT2D eigenvalue weighted by molar-refractivity contribution is 8.00. The van der Waals surface area contributed by atoms with Crippen molar-refractivity contribution in [3.8, 4) is 5.69 Å². The second-order valence-corrected chi connectivity index (χ2v) is 7.05. The smallest absolute Gasteiger partial charge is 0.318 e. The van der Waals surface area contributed by atoms with Gasteiger partial charge in [-0.15, -0.1) is 5.10 Å². The summed E-state index contributed by atoms with van der Waals surface area (Å²) in [6, 6.07) is 14.1. The molecule has 0 saturated carbocycles. The minimum Gasteiger partial charge on any atom is -0.351 e. The predicted octanol–water partition coefficient (Wildman–Crippen LogP) is 2.31. The molecule has 2 aromatic carbocycles. The molecule has 0 aliphatic rings. The van der Waals surface area contributed by atoms with Crippen molar-refractivity contribution in [1.29, 1.82) is 0 Å². The molecule has 0 fully saturated rings. The highest BCUT2D eigenvalue weighted by atomic mass is 32.2. The number of carbonyl (C=O) groups excluding carboxylic acids is 2. The van der Waals surface area contributed by atoms with Crippen LogP contribution in [0.2, 0.25) is 0 Å². The zero-order valence-electron chi connectivity index (χ0n) is 14.8. The fourth-order valence-corrected chi connectivity index (χ4v) is 3.68. The molecule has 3 N–H and O–H groups in total. The molecule has 27 heavy (non-hydrogen) atoms. The number of nitrogens with two attached hydrogens (primary N) is 1. The molecule has 3 rings (SSSR count). The Morgan fingerprint density at radius 3 is 2.41 bits per heavy atom. The van der Waals surface area contributed by atoms with E-state index in [2.05, 4.69) is 20.8 Å². The number of primary amides is 1. The van der Waals surface area contributed by atoms with Crippen LogP contribution in [0.25, 0.3) is 5.69 Å². The Labute approximate surface area is 160 Å². The summed E-state index contributed by atoms with van der Waals surface area (Å²) in [5.41, 5.74) is 8.75. The van der Waals surface area contributed by atoms with E-state index in [0.29, 0.717) is 10.7 Å². The minimum atomic E-state index is -0.907. The summed E-state index contributed by atoms with van der Waals surface area (Å²) in [7, 11) is 0. The van der Waals surface area contributed by atoms with E-state index in [4.69, 9.17) is 5.73 Å². The number of aromatic nitrogens is 4. The van der Waals surface area contributed by atoms with Crippen molar-refractivity contribution in [3.63, 3.8) is 0 Å². The number of carbonyl (C=O) groups is 2. The van der Waals surface area contributed by atoms with E-state index in [-0.39, 0.29) is 0 Å². The SMILES string of the molecule is Cc1cc(C)cc(-n2nnnc2S[C@@H](C(=O)NC(N)=O)c2ccccc2)c1. The van der Waals surface area contributed by atoms with E-state index in [1.807, 2.05) is 50.2 Å². The molecule has 8 nitrogen and oxygen atoms in total. The maximum Gasteiger partial charge on any atom is 0.318 e. The van der Waals surface area contributed by atoms with E-state index in [1.165, 1.54) is 0 Å². The lowest BCUT2D eigenvalue weighted by Gasteiger charge is -2.15. The zero-order valence-corrected chi connectivity index (χ0v) is 15.6. The van der Waals surface area contributed by atoms with Crippen LogP contribution in [0.15, 0.2) is 53.7 Å². The van der Waals surface area contributed by atoms with E-state index in [1.54, 1.807) is 16.8 Å². The average Bonchev–Trinajstić information content (AvgIpc) is 3.07. The molecule has 1 aromatic heterocycles. The van der Waals surface area contributed by atoms with Gasteiger partial charge in [-0.3, -0.25) is 10.1 Å². The molecule has 0 aliphatic carbocycles. The molecule has 3 amide bonds.